The van der Waals surface area contributed by atoms with Gasteiger partial charge in [0.15, 0.2) is 0 Å². The highest BCUT2D eigenvalue weighted by molar-refractivity contribution is 7.03. The van der Waals surface area contributed by atoms with Crippen molar-refractivity contribution >= 4 is 11.5 Å². The standard InChI is InChI=1S/C15H26N4OS/c1-20-10-9-18-7-4-15(5-8-18)3-2-6-19(13-15)11-14-12-21-17-16-14/h12H,2-11,13H2,1H3. The average Bonchev–Trinajstić information content (AvgIpc) is 3.00. The van der Waals surface area contributed by atoms with Gasteiger partial charge in [-0.05, 0) is 62.3 Å². The van der Waals surface area contributed by atoms with E-state index in [1.54, 1.807) is 7.11 Å². The molecule has 1 spiro atoms. The highest BCUT2D eigenvalue weighted by Gasteiger charge is 2.38. The molecule has 0 saturated carbocycles. The fourth-order valence-corrected chi connectivity index (χ4v) is 4.25. The largest absolute Gasteiger partial charge is 0.383 e. The van der Waals surface area contributed by atoms with E-state index in [2.05, 4.69) is 24.8 Å². The van der Waals surface area contributed by atoms with Crippen LogP contribution in [-0.2, 0) is 11.3 Å². The Morgan fingerprint density at radius 2 is 2.10 bits per heavy atom. The summed E-state index contributed by atoms with van der Waals surface area (Å²) in [6.45, 7) is 7.84. The lowest BCUT2D eigenvalue weighted by atomic mass is 9.72. The van der Waals surface area contributed by atoms with Crippen LogP contribution in [0.15, 0.2) is 5.38 Å². The Kier molecular flexibility index (Phi) is 5.21. The average molecular weight is 310 g/mol. The van der Waals surface area contributed by atoms with Crippen LogP contribution in [0, 0.1) is 5.41 Å². The quantitative estimate of drug-likeness (QED) is 0.830. The molecule has 0 amide bonds. The summed E-state index contributed by atoms with van der Waals surface area (Å²) >= 11 is 1.46. The molecule has 0 bridgehead atoms. The third-order valence-corrected chi connectivity index (χ3v) is 5.61. The van der Waals surface area contributed by atoms with Crippen LogP contribution in [-0.4, -0.2) is 65.8 Å². The molecule has 2 aliphatic rings. The van der Waals surface area contributed by atoms with Crippen molar-refractivity contribution in [3.8, 4) is 0 Å². The van der Waals surface area contributed by atoms with Crippen molar-refractivity contribution in [3.05, 3.63) is 11.1 Å². The number of hydrogen-bond donors (Lipinski definition) is 0. The molecule has 1 aromatic heterocycles. The fraction of sp³-hybridized carbons (Fsp3) is 0.867. The van der Waals surface area contributed by atoms with Crippen LogP contribution in [0.25, 0.3) is 0 Å². The Bertz CT molecular complexity index is 417. The first-order chi connectivity index (χ1) is 10.3. The minimum atomic E-state index is 0.547. The molecule has 0 aromatic carbocycles. The lowest BCUT2D eigenvalue weighted by Crippen LogP contribution is -2.49. The summed E-state index contributed by atoms with van der Waals surface area (Å²) in [5.74, 6) is 0. The van der Waals surface area contributed by atoms with Crippen molar-refractivity contribution in [2.45, 2.75) is 32.2 Å². The number of nitrogens with zero attached hydrogens (tertiary/aromatic N) is 4. The summed E-state index contributed by atoms with van der Waals surface area (Å²) < 4.78 is 9.17. The minimum absolute atomic E-state index is 0.547. The van der Waals surface area contributed by atoms with E-state index in [1.807, 2.05) is 0 Å². The molecule has 0 unspecified atom stereocenters. The van der Waals surface area contributed by atoms with Crippen molar-refractivity contribution in [2.24, 2.45) is 5.41 Å². The van der Waals surface area contributed by atoms with Crippen molar-refractivity contribution in [1.82, 2.24) is 19.4 Å². The van der Waals surface area contributed by atoms with E-state index in [9.17, 15) is 0 Å². The molecule has 3 rings (SSSR count). The zero-order valence-electron chi connectivity index (χ0n) is 13.0. The molecular weight excluding hydrogens is 284 g/mol. The molecule has 2 fully saturated rings. The predicted molar refractivity (Wildman–Crippen MR) is 84.4 cm³/mol. The molecule has 6 heteroatoms. The molecule has 2 aliphatic heterocycles. The van der Waals surface area contributed by atoms with Crippen molar-refractivity contribution in [1.29, 1.82) is 0 Å². The Morgan fingerprint density at radius 1 is 1.24 bits per heavy atom. The summed E-state index contributed by atoms with van der Waals surface area (Å²) in [6, 6.07) is 0. The normalized spacial score (nSPS) is 23.7. The molecule has 0 radical (unpaired) electrons. The molecular formula is C15H26N4OS. The van der Waals surface area contributed by atoms with Gasteiger partial charge < -0.3 is 9.64 Å². The number of methoxy groups -OCH3 is 1. The lowest BCUT2D eigenvalue weighted by molar-refractivity contribution is 0.0140. The number of ether oxygens (including phenoxy) is 1. The summed E-state index contributed by atoms with van der Waals surface area (Å²) in [6.07, 6.45) is 5.40. The number of piperidine rings is 2. The molecule has 2 saturated heterocycles. The van der Waals surface area contributed by atoms with Gasteiger partial charge in [-0.2, -0.15) is 0 Å². The van der Waals surface area contributed by atoms with Gasteiger partial charge in [-0.15, -0.1) is 5.10 Å². The van der Waals surface area contributed by atoms with Gasteiger partial charge in [0.25, 0.3) is 0 Å². The van der Waals surface area contributed by atoms with Crippen LogP contribution in [0.3, 0.4) is 0 Å². The van der Waals surface area contributed by atoms with E-state index in [4.69, 9.17) is 4.74 Å². The molecule has 118 valence electrons. The first-order valence-electron chi connectivity index (χ1n) is 7.99. The van der Waals surface area contributed by atoms with Gasteiger partial charge in [0, 0.05) is 32.1 Å². The van der Waals surface area contributed by atoms with E-state index < -0.39 is 0 Å². The topological polar surface area (TPSA) is 41.5 Å². The molecule has 1 aromatic rings. The Labute approximate surface area is 131 Å². The van der Waals surface area contributed by atoms with Crippen molar-refractivity contribution in [2.75, 3.05) is 46.4 Å². The van der Waals surface area contributed by atoms with Gasteiger partial charge in [0.2, 0.25) is 0 Å². The van der Waals surface area contributed by atoms with Crippen molar-refractivity contribution < 1.29 is 4.74 Å². The monoisotopic (exact) mass is 310 g/mol. The number of aromatic nitrogens is 2. The molecule has 21 heavy (non-hydrogen) atoms. The smallest absolute Gasteiger partial charge is 0.0895 e. The van der Waals surface area contributed by atoms with Gasteiger partial charge in [-0.3, -0.25) is 4.90 Å². The minimum Gasteiger partial charge on any atom is -0.383 e. The second-order valence-electron chi connectivity index (χ2n) is 6.54. The van der Waals surface area contributed by atoms with Gasteiger partial charge in [-0.1, -0.05) is 4.49 Å². The van der Waals surface area contributed by atoms with Crippen molar-refractivity contribution in [3.63, 3.8) is 0 Å². The highest BCUT2D eigenvalue weighted by atomic mass is 32.1. The second-order valence-corrected chi connectivity index (χ2v) is 7.15. The van der Waals surface area contributed by atoms with Gasteiger partial charge >= 0.3 is 0 Å². The zero-order valence-corrected chi connectivity index (χ0v) is 13.8. The van der Waals surface area contributed by atoms with Crippen LogP contribution in [0.4, 0.5) is 0 Å². The number of rotatable bonds is 5. The molecule has 0 aliphatic carbocycles. The Hall–Kier alpha value is -0.560. The maximum Gasteiger partial charge on any atom is 0.0895 e. The maximum absolute atomic E-state index is 5.20. The second kappa shape index (κ2) is 7.13. The number of likely N-dealkylation sites (tertiary alicyclic amines) is 2. The third kappa shape index (κ3) is 4.00. The predicted octanol–water partition coefficient (Wildman–Crippen LogP) is 1.86. The van der Waals surface area contributed by atoms with Crippen LogP contribution in [0.1, 0.15) is 31.4 Å². The van der Waals surface area contributed by atoms with Gasteiger partial charge in [0.1, 0.15) is 0 Å². The van der Waals surface area contributed by atoms with E-state index >= 15 is 0 Å². The first kappa shape index (κ1) is 15.3. The highest BCUT2D eigenvalue weighted by Crippen LogP contribution is 2.40. The fourth-order valence-electron chi connectivity index (χ4n) is 3.81. The third-order valence-electron chi connectivity index (χ3n) is 5.06. The van der Waals surface area contributed by atoms with E-state index in [0.717, 1.165) is 25.4 Å². The van der Waals surface area contributed by atoms with E-state index in [0.29, 0.717) is 5.41 Å². The Balaban J connectivity index is 1.51. The lowest BCUT2D eigenvalue weighted by Gasteiger charge is -2.47. The molecule has 0 atom stereocenters. The zero-order chi connectivity index (χ0) is 14.5. The summed E-state index contributed by atoms with van der Waals surface area (Å²) in [4.78, 5) is 5.14. The SMILES string of the molecule is COCCN1CCC2(CCCN(Cc3csnn3)C2)CC1. The Morgan fingerprint density at radius 3 is 2.81 bits per heavy atom. The van der Waals surface area contributed by atoms with Crippen LogP contribution in [0.5, 0.6) is 0 Å². The molecule has 5 nitrogen and oxygen atoms in total. The summed E-state index contributed by atoms with van der Waals surface area (Å²) in [5, 5.41) is 6.27. The maximum atomic E-state index is 5.20. The summed E-state index contributed by atoms with van der Waals surface area (Å²) in [7, 11) is 1.79. The molecule has 3 heterocycles. The van der Waals surface area contributed by atoms with E-state index in [-0.39, 0.29) is 0 Å². The van der Waals surface area contributed by atoms with Crippen LogP contribution in [0.2, 0.25) is 0 Å². The first-order valence-corrected chi connectivity index (χ1v) is 8.83. The molecule has 0 N–H and O–H groups in total. The van der Waals surface area contributed by atoms with Gasteiger partial charge in [-0.25, -0.2) is 0 Å². The van der Waals surface area contributed by atoms with Crippen LogP contribution >= 0.6 is 11.5 Å². The van der Waals surface area contributed by atoms with Crippen LogP contribution < -0.4 is 0 Å². The van der Waals surface area contributed by atoms with Gasteiger partial charge in [0.05, 0.1) is 12.3 Å². The van der Waals surface area contributed by atoms with E-state index in [1.165, 1.54) is 63.4 Å². The number of hydrogen-bond acceptors (Lipinski definition) is 6. The summed E-state index contributed by atoms with van der Waals surface area (Å²) in [5.41, 5.74) is 1.68.